The predicted octanol–water partition coefficient (Wildman–Crippen LogP) is 4.16. The van der Waals surface area contributed by atoms with E-state index in [-0.39, 0.29) is 36.6 Å². The first kappa shape index (κ1) is 25.6. The number of nitrogens with zero attached hydrogens (tertiary/aromatic N) is 2. The van der Waals surface area contributed by atoms with Crippen molar-refractivity contribution < 1.29 is 19.2 Å². The van der Waals surface area contributed by atoms with Gasteiger partial charge in [-0.1, -0.05) is 53.5 Å². The average Bonchev–Trinajstić information content (AvgIpc) is 3.08. The highest BCUT2D eigenvalue weighted by Crippen LogP contribution is 2.23. The lowest BCUT2D eigenvalue weighted by atomic mass is 10.1. The molecule has 1 heterocycles. The van der Waals surface area contributed by atoms with Gasteiger partial charge >= 0.3 is 0 Å². The smallest absolute Gasteiger partial charge is 0.261 e. The Morgan fingerprint density at radius 3 is 2.21 bits per heavy atom. The summed E-state index contributed by atoms with van der Waals surface area (Å²) < 4.78 is 0.931. The molecule has 0 radical (unpaired) electrons. The van der Waals surface area contributed by atoms with E-state index >= 15 is 0 Å². The molecule has 2 aromatic rings. The molecule has 0 bridgehead atoms. The number of hydrogen-bond donors (Lipinski definition) is 1. The molecule has 2 aromatic carbocycles. The van der Waals surface area contributed by atoms with E-state index in [4.69, 9.17) is 0 Å². The number of nitrogens with one attached hydrogen (secondary N) is 1. The fourth-order valence-electron chi connectivity index (χ4n) is 3.88. The van der Waals surface area contributed by atoms with Gasteiger partial charge < -0.3 is 10.2 Å². The number of carbonyl (C=O) groups excluding carboxylic acids is 4. The lowest BCUT2D eigenvalue weighted by molar-refractivity contribution is -0.140. The molecule has 1 aliphatic heterocycles. The molecule has 0 fully saturated rings. The van der Waals surface area contributed by atoms with Gasteiger partial charge in [0.25, 0.3) is 11.8 Å². The number of rotatable bonds is 11. The largest absolute Gasteiger partial charge is 0.354 e. The highest BCUT2D eigenvalue weighted by Gasteiger charge is 2.35. The van der Waals surface area contributed by atoms with Gasteiger partial charge in [0, 0.05) is 30.5 Å². The van der Waals surface area contributed by atoms with E-state index in [1.165, 1.54) is 4.90 Å². The van der Waals surface area contributed by atoms with E-state index in [1.807, 2.05) is 31.2 Å². The van der Waals surface area contributed by atoms with Gasteiger partial charge in [-0.3, -0.25) is 24.1 Å². The van der Waals surface area contributed by atoms with Crippen LogP contribution in [0.25, 0.3) is 0 Å². The van der Waals surface area contributed by atoms with Crippen LogP contribution in [0.5, 0.6) is 0 Å². The van der Waals surface area contributed by atoms with Crippen molar-refractivity contribution >= 4 is 39.6 Å². The number of carbonyl (C=O) groups is 4. The van der Waals surface area contributed by atoms with Crippen molar-refractivity contribution in [1.82, 2.24) is 15.1 Å². The quantitative estimate of drug-likeness (QED) is 0.351. The van der Waals surface area contributed by atoms with E-state index in [9.17, 15) is 19.2 Å². The number of halogens is 1. The maximum Gasteiger partial charge on any atom is 0.261 e. The molecule has 0 saturated carbocycles. The lowest BCUT2D eigenvalue weighted by Gasteiger charge is -2.29. The first-order valence-corrected chi connectivity index (χ1v) is 12.4. The molecule has 180 valence electrons. The summed E-state index contributed by atoms with van der Waals surface area (Å²) in [6.45, 7) is 4.79. The van der Waals surface area contributed by atoms with Gasteiger partial charge in [0.2, 0.25) is 11.8 Å². The topological polar surface area (TPSA) is 86.8 Å². The van der Waals surface area contributed by atoms with Gasteiger partial charge in [-0.25, -0.2) is 0 Å². The molecule has 1 unspecified atom stereocenters. The Bertz CT molecular complexity index is 1020. The van der Waals surface area contributed by atoms with Crippen LogP contribution < -0.4 is 5.32 Å². The SMILES string of the molecule is CCCCNC(=O)C(C)N(Cc1ccc(Br)cc1)C(=O)CCCN1C(=O)c2ccccc2C1=O. The molecule has 1 atom stereocenters. The second kappa shape index (κ2) is 11.9. The van der Waals surface area contributed by atoms with Crippen LogP contribution in [0.2, 0.25) is 0 Å². The van der Waals surface area contributed by atoms with Crippen LogP contribution in [0.3, 0.4) is 0 Å². The summed E-state index contributed by atoms with van der Waals surface area (Å²) in [6, 6.07) is 13.7. The van der Waals surface area contributed by atoms with E-state index < -0.39 is 6.04 Å². The standard InChI is InChI=1S/C26H30BrN3O4/c1-3-4-15-28-24(32)18(2)30(17-19-11-13-20(27)14-12-19)23(31)10-7-16-29-25(33)21-8-5-6-9-22(21)26(29)34/h5-6,8-9,11-14,18H,3-4,7,10,15-17H2,1-2H3,(H,28,32). The van der Waals surface area contributed by atoms with Crippen molar-refractivity contribution in [1.29, 1.82) is 0 Å². The van der Waals surface area contributed by atoms with Crippen molar-refractivity contribution in [2.75, 3.05) is 13.1 Å². The maximum absolute atomic E-state index is 13.2. The summed E-state index contributed by atoms with van der Waals surface area (Å²) in [5.74, 6) is -1.05. The Morgan fingerprint density at radius 2 is 1.62 bits per heavy atom. The van der Waals surface area contributed by atoms with Gasteiger partial charge in [0.1, 0.15) is 6.04 Å². The maximum atomic E-state index is 13.2. The lowest BCUT2D eigenvalue weighted by Crippen LogP contribution is -2.47. The van der Waals surface area contributed by atoms with Gasteiger partial charge in [0.15, 0.2) is 0 Å². The van der Waals surface area contributed by atoms with Crippen LogP contribution in [-0.4, -0.2) is 52.6 Å². The molecule has 1 N–H and O–H groups in total. The molecule has 7 nitrogen and oxygen atoms in total. The number of benzene rings is 2. The summed E-state index contributed by atoms with van der Waals surface area (Å²) >= 11 is 3.41. The first-order valence-electron chi connectivity index (χ1n) is 11.6. The van der Waals surface area contributed by atoms with Crippen LogP contribution >= 0.6 is 15.9 Å². The molecule has 1 aliphatic rings. The minimum absolute atomic E-state index is 0.122. The summed E-state index contributed by atoms with van der Waals surface area (Å²) in [5.41, 5.74) is 1.70. The fourth-order valence-corrected chi connectivity index (χ4v) is 4.14. The highest BCUT2D eigenvalue weighted by molar-refractivity contribution is 9.10. The third-order valence-corrected chi connectivity index (χ3v) is 6.44. The molecule has 0 aliphatic carbocycles. The van der Waals surface area contributed by atoms with Crippen molar-refractivity contribution in [3.05, 3.63) is 69.7 Å². The van der Waals surface area contributed by atoms with Crippen LogP contribution in [0.15, 0.2) is 53.0 Å². The summed E-state index contributed by atoms with van der Waals surface area (Å²) in [5, 5.41) is 2.90. The second-order valence-corrected chi connectivity index (χ2v) is 9.30. The highest BCUT2D eigenvalue weighted by atomic mass is 79.9. The van der Waals surface area contributed by atoms with Crippen LogP contribution in [0, 0.1) is 0 Å². The van der Waals surface area contributed by atoms with Crippen molar-refractivity contribution in [3.63, 3.8) is 0 Å². The van der Waals surface area contributed by atoms with E-state index in [0.717, 1.165) is 22.9 Å². The zero-order valence-electron chi connectivity index (χ0n) is 19.6. The summed E-state index contributed by atoms with van der Waals surface area (Å²) in [7, 11) is 0. The van der Waals surface area contributed by atoms with Gasteiger partial charge in [-0.15, -0.1) is 0 Å². The van der Waals surface area contributed by atoms with Crippen LogP contribution in [0.1, 0.15) is 65.8 Å². The first-order chi connectivity index (χ1) is 16.3. The van der Waals surface area contributed by atoms with Crippen LogP contribution in [0.4, 0.5) is 0 Å². The molecule has 3 rings (SSSR count). The third kappa shape index (κ3) is 6.11. The zero-order chi connectivity index (χ0) is 24.7. The average molecular weight is 528 g/mol. The molecule has 34 heavy (non-hydrogen) atoms. The monoisotopic (exact) mass is 527 g/mol. The summed E-state index contributed by atoms with van der Waals surface area (Å²) in [4.78, 5) is 53.8. The van der Waals surface area contributed by atoms with Crippen molar-refractivity contribution in [2.24, 2.45) is 0 Å². The van der Waals surface area contributed by atoms with Crippen molar-refractivity contribution in [2.45, 2.75) is 52.1 Å². The number of imide groups is 1. The van der Waals surface area contributed by atoms with E-state index in [0.29, 0.717) is 30.6 Å². The van der Waals surface area contributed by atoms with Gasteiger partial charge in [0.05, 0.1) is 11.1 Å². The number of hydrogen-bond acceptors (Lipinski definition) is 4. The van der Waals surface area contributed by atoms with E-state index in [1.54, 1.807) is 36.1 Å². The zero-order valence-corrected chi connectivity index (χ0v) is 21.1. The molecule has 0 spiro atoms. The minimum Gasteiger partial charge on any atom is -0.354 e. The van der Waals surface area contributed by atoms with Crippen molar-refractivity contribution in [3.8, 4) is 0 Å². The molecule has 8 heteroatoms. The molecular formula is C26H30BrN3O4. The molecule has 0 saturated heterocycles. The number of unbranched alkanes of at least 4 members (excludes halogenated alkanes) is 1. The van der Waals surface area contributed by atoms with Crippen LogP contribution in [-0.2, 0) is 16.1 Å². The summed E-state index contributed by atoms with van der Waals surface area (Å²) in [6.07, 6.45) is 2.29. The molecule has 0 aromatic heterocycles. The van der Waals surface area contributed by atoms with E-state index in [2.05, 4.69) is 21.2 Å². The Morgan fingerprint density at radius 1 is 1.00 bits per heavy atom. The second-order valence-electron chi connectivity index (χ2n) is 8.38. The third-order valence-electron chi connectivity index (χ3n) is 5.91. The number of amides is 4. The molecule has 4 amide bonds. The van der Waals surface area contributed by atoms with Gasteiger partial charge in [-0.05, 0) is 49.6 Å². The Balaban J connectivity index is 1.64. The Hall–Kier alpha value is -3.00. The van der Waals surface area contributed by atoms with Gasteiger partial charge in [-0.2, -0.15) is 0 Å². The Labute approximate surface area is 208 Å². The number of fused-ring (bicyclic) bond motifs is 1. The molecular weight excluding hydrogens is 498 g/mol. The minimum atomic E-state index is -0.646. The normalized spacial score (nSPS) is 13.6. The fraction of sp³-hybridized carbons (Fsp3) is 0.385. The predicted molar refractivity (Wildman–Crippen MR) is 133 cm³/mol. The Kier molecular flexibility index (Phi) is 8.98.